The van der Waals surface area contributed by atoms with Gasteiger partial charge in [-0.1, -0.05) is 0 Å². The third kappa shape index (κ3) is 1.49. The molecule has 3 heteroatoms. The van der Waals surface area contributed by atoms with Gasteiger partial charge in [0.15, 0.2) is 0 Å². The molecule has 3 atom stereocenters. The molecule has 2 rings (SSSR count). The van der Waals surface area contributed by atoms with Crippen molar-refractivity contribution in [3.63, 3.8) is 0 Å². The summed E-state index contributed by atoms with van der Waals surface area (Å²) in [6.07, 6.45) is 2.62. The fourth-order valence-corrected chi connectivity index (χ4v) is 2.28. The van der Waals surface area contributed by atoms with Crippen LogP contribution in [0.4, 0.5) is 0 Å². The molecule has 2 fully saturated rings. The first kappa shape index (κ1) is 9.44. The number of hydrogen-bond donors (Lipinski definition) is 1. The molecule has 1 saturated carbocycles. The molecule has 2 bridgehead atoms. The van der Waals surface area contributed by atoms with Gasteiger partial charge >= 0.3 is 0 Å². The Bertz CT molecular complexity index is 188. The van der Waals surface area contributed by atoms with E-state index < -0.39 is 5.60 Å². The lowest BCUT2D eigenvalue weighted by atomic mass is 9.71. The van der Waals surface area contributed by atoms with Crippen molar-refractivity contribution in [3.05, 3.63) is 0 Å². The van der Waals surface area contributed by atoms with Gasteiger partial charge in [-0.05, 0) is 46.0 Å². The second-order valence-corrected chi connectivity index (χ2v) is 5.10. The van der Waals surface area contributed by atoms with E-state index in [1.807, 2.05) is 20.8 Å². The average molecular weight is 186 g/mol. The van der Waals surface area contributed by atoms with Gasteiger partial charge in [-0.25, -0.2) is 9.78 Å². The summed E-state index contributed by atoms with van der Waals surface area (Å²) >= 11 is 0. The van der Waals surface area contributed by atoms with Crippen LogP contribution in [0.3, 0.4) is 0 Å². The van der Waals surface area contributed by atoms with E-state index in [-0.39, 0.29) is 11.7 Å². The van der Waals surface area contributed by atoms with Gasteiger partial charge in [0, 0.05) is 0 Å². The largest absolute Gasteiger partial charge is 0.387 e. The molecule has 3 nitrogen and oxygen atoms in total. The summed E-state index contributed by atoms with van der Waals surface area (Å²) in [4.78, 5) is 10.5. The zero-order valence-corrected chi connectivity index (χ0v) is 8.54. The van der Waals surface area contributed by atoms with Crippen LogP contribution in [0.15, 0.2) is 0 Å². The van der Waals surface area contributed by atoms with E-state index in [0.29, 0.717) is 5.92 Å². The highest BCUT2D eigenvalue weighted by molar-refractivity contribution is 4.96. The van der Waals surface area contributed by atoms with Gasteiger partial charge in [-0.3, -0.25) is 0 Å². The van der Waals surface area contributed by atoms with Crippen LogP contribution in [0.5, 0.6) is 0 Å². The third-order valence-electron chi connectivity index (χ3n) is 3.55. The SMILES string of the molecule is CC1(O)CCC2CC1OOC2(C)C. The van der Waals surface area contributed by atoms with Crippen molar-refractivity contribution < 1.29 is 14.9 Å². The van der Waals surface area contributed by atoms with Crippen molar-refractivity contribution in [2.75, 3.05) is 0 Å². The quantitative estimate of drug-likeness (QED) is 0.584. The molecule has 1 N–H and O–H groups in total. The van der Waals surface area contributed by atoms with Crippen LogP contribution < -0.4 is 0 Å². The molecule has 0 aromatic rings. The van der Waals surface area contributed by atoms with Crippen LogP contribution in [-0.2, 0) is 9.78 Å². The van der Waals surface area contributed by atoms with Crippen molar-refractivity contribution in [1.29, 1.82) is 0 Å². The van der Waals surface area contributed by atoms with E-state index >= 15 is 0 Å². The van der Waals surface area contributed by atoms with Crippen molar-refractivity contribution in [2.45, 2.75) is 57.3 Å². The fraction of sp³-hybridized carbons (Fsp3) is 1.00. The Morgan fingerprint density at radius 2 is 2.00 bits per heavy atom. The second kappa shape index (κ2) is 2.69. The molecule has 1 saturated heterocycles. The van der Waals surface area contributed by atoms with E-state index in [1.54, 1.807) is 0 Å². The minimum atomic E-state index is -0.701. The summed E-state index contributed by atoms with van der Waals surface area (Å²) in [7, 11) is 0. The van der Waals surface area contributed by atoms with Crippen molar-refractivity contribution >= 4 is 0 Å². The van der Waals surface area contributed by atoms with E-state index in [4.69, 9.17) is 9.78 Å². The maximum atomic E-state index is 9.95. The smallest absolute Gasteiger partial charge is 0.122 e. The Kier molecular flexibility index (Phi) is 1.95. The highest BCUT2D eigenvalue weighted by atomic mass is 17.2. The predicted octanol–water partition coefficient (Wildman–Crippen LogP) is 1.65. The number of rotatable bonds is 0. The average Bonchev–Trinajstić information content (AvgIpc) is 2.01. The van der Waals surface area contributed by atoms with Crippen LogP contribution in [-0.4, -0.2) is 22.4 Å². The Morgan fingerprint density at radius 1 is 1.31 bits per heavy atom. The Balaban J connectivity index is 2.14. The summed E-state index contributed by atoms with van der Waals surface area (Å²) in [5, 5.41) is 9.95. The third-order valence-corrected chi connectivity index (χ3v) is 3.55. The maximum Gasteiger partial charge on any atom is 0.122 e. The Labute approximate surface area is 79.0 Å². The van der Waals surface area contributed by atoms with Gasteiger partial charge in [-0.15, -0.1) is 0 Å². The van der Waals surface area contributed by atoms with Gasteiger partial charge in [0.05, 0.1) is 5.60 Å². The number of fused-ring (bicyclic) bond motifs is 2. The van der Waals surface area contributed by atoms with Gasteiger partial charge in [0.25, 0.3) is 0 Å². The molecule has 76 valence electrons. The van der Waals surface area contributed by atoms with E-state index in [0.717, 1.165) is 19.3 Å². The monoisotopic (exact) mass is 186 g/mol. The molecule has 0 aromatic carbocycles. The lowest BCUT2D eigenvalue weighted by molar-refractivity contribution is -0.442. The molecule has 1 aliphatic heterocycles. The lowest BCUT2D eigenvalue weighted by Gasteiger charge is -2.49. The Hall–Kier alpha value is -0.120. The predicted molar refractivity (Wildman–Crippen MR) is 48.0 cm³/mol. The molecular formula is C10H18O3. The zero-order valence-electron chi connectivity index (χ0n) is 8.54. The fourth-order valence-electron chi connectivity index (χ4n) is 2.28. The molecule has 0 amide bonds. The molecule has 2 aliphatic rings. The van der Waals surface area contributed by atoms with Crippen LogP contribution in [0.25, 0.3) is 0 Å². The standard InChI is InChI=1S/C10H18O3/c1-9(2)7-4-5-10(3,11)8(6-7)12-13-9/h7-8,11H,4-6H2,1-3H3. The topological polar surface area (TPSA) is 38.7 Å². The first-order chi connectivity index (χ1) is 5.92. The lowest BCUT2D eigenvalue weighted by Crippen LogP contribution is -2.55. The minimum Gasteiger partial charge on any atom is -0.387 e. The Morgan fingerprint density at radius 3 is 2.69 bits per heavy atom. The summed E-state index contributed by atoms with van der Waals surface area (Å²) < 4.78 is 0. The molecule has 0 spiro atoms. The van der Waals surface area contributed by atoms with Gasteiger partial charge in [-0.2, -0.15) is 0 Å². The first-order valence-electron chi connectivity index (χ1n) is 4.99. The summed E-state index contributed by atoms with van der Waals surface area (Å²) in [5.74, 6) is 0.520. The van der Waals surface area contributed by atoms with E-state index in [2.05, 4.69) is 0 Å². The van der Waals surface area contributed by atoms with Crippen LogP contribution in [0.2, 0.25) is 0 Å². The summed E-state index contributed by atoms with van der Waals surface area (Å²) in [6, 6.07) is 0. The highest BCUT2D eigenvalue weighted by Crippen LogP contribution is 2.44. The van der Waals surface area contributed by atoms with Crippen LogP contribution in [0, 0.1) is 5.92 Å². The van der Waals surface area contributed by atoms with Gasteiger partial charge < -0.3 is 5.11 Å². The first-order valence-corrected chi connectivity index (χ1v) is 4.99. The van der Waals surface area contributed by atoms with Gasteiger partial charge in [0.1, 0.15) is 11.7 Å². The van der Waals surface area contributed by atoms with Crippen LogP contribution >= 0.6 is 0 Å². The molecule has 1 heterocycles. The van der Waals surface area contributed by atoms with E-state index in [1.165, 1.54) is 0 Å². The molecular weight excluding hydrogens is 168 g/mol. The summed E-state index contributed by atoms with van der Waals surface area (Å²) in [5.41, 5.74) is -0.889. The molecule has 13 heavy (non-hydrogen) atoms. The molecule has 0 aromatic heterocycles. The normalized spacial score (nSPS) is 48.9. The molecule has 1 aliphatic carbocycles. The maximum absolute atomic E-state index is 9.95. The molecule has 0 radical (unpaired) electrons. The number of hydrogen-bond acceptors (Lipinski definition) is 3. The zero-order chi connectivity index (χ0) is 9.69. The van der Waals surface area contributed by atoms with Crippen molar-refractivity contribution in [1.82, 2.24) is 0 Å². The summed E-state index contributed by atoms with van der Waals surface area (Å²) in [6.45, 7) is 5.93. The number of aliphatic hydroxyl groups is 1. The second-order valence-electron chi connectivity index (χ2n) is 5.10. The van der Waals surface area contributed by atoms with Gasteiger partial charge in [0.2, 0.25) is 0 Å². The van der Waals surface area contributed by atoms with E-state index in [9.17, 15) is 5.11 Å². The molecule has 3 unspecified atom stereocenters. The van der Waals surface area contributed by atoms with Crippen LogP contribution in [0.1, 0.15) is 40.0 Å². The van der Waals surface area contributed by atoms with Crippen molar-refractivity contribution in [3.8, 4) is 0 Å². The van der Waals surface area contributed by atoms with Crippen molar-refractivity contribution in [2.24, 2.45) is 5.92 Å². The highest BCUT2D eigenvalue weighted by Gasteiger charge is 2.49. The minimum absolute atomic E-state index is 0.140.